The number of anilines is 1. The minimum Gasteiger partial charge on any atom is -0.466 e. The Morgan fingerprint density at radius 2 is 1.59 bits per heavy atom. The number of carbonyl (C=O) groups excluding carboxylic acids is 2. The maximum atomic E-state index is 14.0. The van der Waals surface area contributed by atoms with Crippen LogP contribution in [-0.4, -0.2) is 23.8 Å². The van der Waals surface area contributed by atoms with Crippen LogP contribution in [0.2, 0.25) is 0 Å². The number of hydrogen-bond acceptors (Lipinski definition) is 6. The standard InChI is InChI=1S/C29H27FN2O5/c1-4-35-26(33)17-20-9-11-21(12-10-20)22-13-15-23(16-14-22)28-27(18(2)32-37-28)31-29(34)36-19(3)24-7-5-6-8-25(24)30/h5-16,19H,4,17H2,1-3H3,(H,31,34). The molecule has 0 radical (unpaired) electrons. The van der Waals surface area contributed by atoms with Gasteiger partial charge in [0.25, 0.3) is 0 Å². The summed E-state index contributed by atoms with van der Waals surface area (Å²) < 4.78 is 29.9. The quantitative estimate of drug-likeness (QED) is 0.264. The van der Waals surface area contributed by atoms with E-state index in [1.165, 1.54) is 6.07 Å². The molecular formula is C29H27FN2O5. The minimum atomic E-state index is -0.784. The number of aryl methyl sites for hydroxylation is 1. The third-order valence-corrected chi connectivity index (χ3v) is 5.80. The van der Waals surface area contributed by atoms with E-state index in [0.29, 0.717) is 29.3 Å². The predicted octanol–water partition coefficient (Wildman–Crippen LogP) is 6.87. The van der Waals surface area contributed by atoms with Crippen LogP contribution >= 0.6 is 0 Å². The summed E-state index contributed by atoms with van der Waals surface area (Å²) in [6, 6.07) is 21.4. The molecule has 3 aromatic carbocycles. The van der Waals surface area contributed by atoms with Gasteiger partial charge in [0, 0.05) is 11.1 Å². The van der Waals surface area contributed by atoms with Crippen LogP contribution in [0, 0.1) is 12.7 Å². The van der Waals surface area contributed by atoms with Gasteiger partial charge < -0.3 is 14.0 Å². The Kier molecular flexibility index (Phi) is 7.98. The van der Waals surface area contributed by atoms with E-state index in [0.717, 1.165) is 16.7 Å². The third kappa shape index (κ3) is 6.22. The average molecular weight is 503 g/mol. The van der Waals surface area contributed by atoms with Gasteiger partial charge in [-0.05, 0) is 43.5 Å². The first-order chi connectivity index (χ1) is 17.9. The van der Waals surface area contributed by atoms with Gasteiger partial charge in [-0.1, -0.05) is 71.9 Å². The lowest BCUT2D eigenvalue weighted by Crippen LogP contribution is -2.17. The number of amides is 1. The Bertz CT molecular complexity index is 1380. The average Bonchev–Trinajstić information content (AvgIpc) is 3.24. The topological polar surface area (TPSA) is 90.7 Å². The number of nitrogens with zero attached hydrogens (tertiary/aromatic N) is 1. The fourth-order valence-corrected chi connectivity index (χ4v) is 3.88. The number of aromatic nitrogens is 1. The van der Waals surface area contributed by atoms with Crippen LogP contribution in [-0.2, 0) is 20.7 Å². The van der Waals surface area contributed by atoms with Gasteiger partial charge in [-0.15, -0.1) is 0 Å². The number of hydrogen-bond donors (Lipinski definition) is 1. The second kappa shape index (κ2) is 11.5. The van der Waals surface area contributed by atoms with Crippen molar-refractivity contribution >= 4 is 17.7 Å². The fourth-order valence-electron chi connectivity index (χ4n) is 3.88. The molecule has 0 spiro atoms. The summed E-state index contributed by atoms with van der Waals surface area (Å²) in [6.07, 6.45) is -1.30. The molecule has 7 nitrogen and oxygen atoms in total. The summed E-state index contributed by atoms with van der Waals surface area (Å²) in [6.45, 7) is 5.44. The van der Waals surface area contributed by atoms with Crippen LogP contribution in [0.5, 0.6) is 0 Å². The van der Waals surface area contributed by atoms with Crippen LogP contribution in [0.4, 0.5) is 14.9 Å². The molecule has 8 heteroatoms. The molecule has 4 aromatic rings. The molecular weight excluding hydrogens is 475 g/mol. The maximum Gasteiger partial charge on any atom is 0.412 e. The smallest absolute Gasteiger partial charge is 0.412 e. The van der Waals surface area contributed by atoms with Gasteiger partial charge in [-0.25, -0.2) is 9.18 Å². The van der Waals surface area contributed by atoms with E-state index in [1.807, 2.05) is 48.5 Å². The van der Waals surface area contributed by atoms with Gasteiger partial charge in [-0.2, -0.15) is 0 Å². The highest BCUT2D eigenvalue weighted by Crippen LogP contribution is 2.33. The Hall–Kier alpha value is -4.46. The van der Waals surface area contributed by atoms with Crippen LogP contribution in [0.25, 0.3) is 22.5 Å². The Morgan fingerprint density at radius 3 is 2.24 bits per heavy atom. The number of rotatable bonds is 8. The largest absolute Gasteiger partial charge is 0.466 e. The van der Waals surface area contributed by atoms with Gasteiger partial charge in [0.1, 0.15) is 23.3 Å². The molecule has 1 aromatic heterocycles. The summed E-state index contributed by atoms with van der Waals surface area (Å²) in [5.41, 5.74) is 4.67. The molecule has 0 saturated heterocycles. The van der Waals surface area contributed by atoms with E-state index in [4.69, 9.17) is 14.0 Å². The number of ether oxygens (including phenoxy) is 2. The second-order valence-corrected chi connectivity index (χ2v) is 8.42. The minimum absolute atomic E-state index is 0.231. The molecule has 0 aliphatic rings. The van der Waals surface area contributed by atoms with E-state index in [1.54, 1.807) is 39.0 Å². The van der Waals surface area contributed by atoms with Crippen molar-refractivity contribution in [1.29, 1.82) is 0 Å². The van der Waals surface area contributed by atoms with Crippen molar-refractivity contribution in [2.75, 3.05) is 11.9 Å². The lowest BCUT2D eigenvalue weighted by molar-refractivity contribution is -0.142. The van der Waals surface area contributed by atoms with E-state index in [2.05, 4.69) is 10.5 Å². The van der Waals surface area contributed by atoms with Gasteiger partial charge >= 0.3 is 12.1 Å². The molecule has 0 bridgehead atoms. The molecule has 4 rings (SSSR count). The Balaban J connectivity index is 1.45. The van der Waals surface area contributed by atoms with Gasteiger partial charge in [0.15, 0.2) is 5.76 Å². The summed E-state index contributed by atoms with van der Waals surface area (Å²) >= 11 is 0. The van der Waals surface area contributed by atoms with E-state index < -0.39 is 18.0 Å². The summed E-state index contributed by atoms with van der Waals surface area (Å²) in [5.74, 6) is -0.320. The molecule has 1 unspecified atom stereocenters. The van der Waals surface area contributed by atoms with E-state index in [9.17, 15) is 14.0 Å². The van der Waals surface area contributed by atoms with Crippen LogP contribution < -0.4 is 5.32 Å². The number of carbonyl (C=O) groups is 2. The zero-order valence-corrected chi connectivity index (χ0v) is 20.8. The van der Waals surface area contributed by atoms with Crippen LogP contribution in [0.1, 0.15) is 36.8 Å². The number of nitrogens with one attached hydrogen (secondary N) is 1. The lowest BCUT2D eigenvalue weighted by atomic mass is 10.0. The highest BCUT2D eigenvalue weighted by atomic mass is 19.1. The third-order valence-electron chi connectivity index (χ3n) is 5.80. The Morgan fingerprint density at radius 1 is 0.973 bits per heavy atom. The first-order valence-electron chi connectivity index (χ1n) is 11.9. The van der Waals surface area contributed by atoms with Gasteiger partial charge in [0.05, 0.1) is 13.0 Å². The highest BCUT2D eigenvalue weighted by Gasteiger charge is 2.21. The zero-order chi connectivity index (χ0) is 26.4. The lowest BCUT2D eigenvalue weighted by Gasteiger charge is -2.15. The van der Waals surface area contributed by atoms with E-state index in [-0.39, 0.29) is 18.0 Å². The van der Waals surface area contributed by atoms with Crippen LogP contribution in [0.3, 0.4) is 0 Å². The fraction of sp³-hybridized carbons (Fsp3) is 0.207. The summed E-state index contributed by atoms with van der Waals surface area (Å²) in [4.78, 5) is 24.2. The number of esters is 1. The Labute approximate surface area is 214 Å². The van der Waals surface area contributed by atoms with Gasteiger partial charge in [0.2, 0.25) is 0 Å². The molecule has 190 valence electrons. The molecule has 1 amide bonds. The second-order valence-electron chi connectivity index (χ2n) is 8.42. The van der Waals surface area contributed by atoms with Crippen molar-refractivity contribution in [3.63, 3.8) is 0 Å². The molecule has 1 atom stereocenters. The van der Waals surface area contributed by atoms with E-state index >= 15 is 0 Å². The van der Waals surface area contributed by atoms with Crippen molar-refractivity contribution in [3.8, 4) is 22.5 Å². The SMILES string of the molecule is CCOC(=O)Cc1ccc(-c2ccc(-c3onc(C)c3NC(=O)OC(C)c3ccccc3F)cc2)cc1. The molecule has 0 saturated carbocycles. The molecule has 1 heterocycles. The molecule has 1 N–H and O–H groups in total. The van der Waals surface area contributed by atoms with Crippen molar-refractivity contribution < 1.29 is 28.0 Å². The monoisotopic (exact) mass is 502 g/mol. The maximum absolute atomic E-state index is 14.0. The van der Waals surface area contributed by atoms with Crippen molar-refractivity contribution in [3.05, 3.63) is 95.4 Å². The number of halogens is 1. The van der Waals surface area contributed by atoms with Crippen molar-refractivity contribution in [2.24, 2.45) is 0 Å². The predicted molar refractivity (Wildman–Crippen MR) is 137 cm³/mol. The van der Waals surface area contributed by atoms with Crippen molar-refractivity contribution in [2.45, 2.75) is 33.3 Å². The van der Waals surface area contributed by atoms with Crippen molar-refractivity contribution in [1.82, 2.24) is 5.16 Å². The first kappa shape index (κ1) is 25.6. The summed E-state index contributed by atoms with van der Waals surface area (Å²) in [5, 5.41) is 6.66. The number of benzene rings is 3. The molecule has 0 aliphatic carbocycles. The summed E-state index contributed by atoms with van der Waals surface area (Å²) in [7, 11) is 0. The molecule has 37 heavy (non-hydrogen) atoms. The van der Waals surface area contributed by atoms with Gasteiger partial charge in [-0.3, -0.25) is 10.1 Å². The molecule has 0 aliphatic heterocycles. The molecule has 0 fully saturated rings. The zero-order valence-electron chi connectivity index (χ0n) is 20.8. The normalized spacial score (nSPS) is 11.6. The van der Waals surface area contributed by atoms with Crippen LogP contribution in [0.15, 0.2) is 77.3 Å². The highest BCUT2D eigenvalue weighted by molar-refractivity contribution is 5.91. The first-order valence-corrected chi connectivity index (χ1v) is 11.9.